The summed E-state index contributed by atoms with van der Waals surface area (Å²) in [6, 6.07) is 2.45. The highest BCUT2D eigenvalue weighted by Crippen LogP contribution is 2.26. The van der Waals surface area contributed by atoms with Crippen LogP contribution in [0, 0.1) is 6.92 Å². The molecule has 29 heavy (non-hydrogen) atoms. The van der Waals surface area contributed by atoms with Crippen molar-refractivity contribution < 1.29 is 4.74 Å². The van der Waals surface area contributed by atoms with Crippen molar-refractivity contribution in [3.63, 3.8) is 0 Å². The van der Waals surface area contributed by atoms with Gasteiger partial charge in [-0.1, -0.05) is 0 Å². The summed E-state index contributed by atoms with van der Waals surface area (Å²) in [5.74, 6) is 1.37. The minimum atomic E-state index is 0.398. The van der Waals surface area contributed by atoms with Gasteiger partial charge in [0.05, 0.1) is 24.0 Å². The topological polar surface area (TPSA) is 81.6 Å². The van der Waals surface area contributed by atoms with E-state index in [4.69, 9.17) is 4.74 Å². The number of aromatic nitrogens is 6. The number of anilines is 1. The molecule has 1 saturated carbocycles. The molecule has 0 unspecified atom stereocenters. The van der Waals surface area contributed by atoms with Crippen molar-refractivity contribution in [1.29, 1.82) is 0 Å². The molecule has 0 spiro atoms. The summed E-state index contributed by atoms with van der Waals surface area (Å²) >= 11 is 0. The average Bonchev–Trinajstić information content (AvgIpc) is 3.33. The van der Waals surface area contributed by atoms with Gasteiger partial charge in [-0.3, -0.25) is 4.40 Å². The number of hydrogen-bond donors (Lipinski definition) is 1. The van der Waals surface area contributed by atoms with Gasteiger partial charge >= 0.3 is 0 Å². The van der Waals surface area contributed by atoms with Crippen molar-refractivity contribution >= 4 is 17.2 Å². The van der Waals surface area contributed by atoms with E-state index in [1.807, 2.05) is 40.6 Å². The van der Waals surface area contributed by atoms with Gasteiger partial charge in [0.15, 0.2) is 0 Å². The highest BCUT2D eigenvalue weighted by Gasteiger charge is 2.22. The molecule has 4 aromatic heterocycles. The normalized spacial score (nSPS) is 19.8. The lowest BCUT2D eigenvalue weighted by molar-refractivity contribution is 0.0346. The third-order valence-corrected chi connectivity index (χ3v) is 5.69. The lowest BCUT2D eigenvalue weighted by Gasteiger charge is -2.28. The quantitative estimate of drug-likeness (QED) is 0.561. The number of rotatable bonds is 5. The number of ether oxygens (including phenoxy) is 1. The van der Waals surface area contributed by atoms with Crippen LogP contribution in [0.15, 0.2) is 37.1 Å². The summed E-state index contributed by atoms with van der Waals surface area (Å²) in [6.07, 6.45) is 14.3. The van der Waals surface area contributed by atoms with E-state index in [0.29, 0.717) is 23.9 Å². The van der Waals surface area contributed by atoms with Crippen LogP contribution in [0.1, 0.15) is 38.3 Å². The Hall–Kier alpha value is -3.00. The van der Waals surface area contributed by atoms with Crippen molar-refractivity contribution in [1.82, 2.24) is 29.0 Å². The number of aryl methyl sites for hydroxylation is 1. The van der Waals surface area contributed by atoms with Crippen LogP contribution in [-0.4, -0.2) is 47.7 Å². The molecule has 1 fully saturated rings. The van der Waals surface area contributed by atoms with E-state index in [2.05, 4.69) is 44.6 Å². The zero-order valence-electron chi connectivity index (χ0n) is 16.7. The van der Waals surface area contributed by atoms with E-state index in [1.165, 1.54) is 0 Å². The molecule has 0 amide bonds. The van der Waals surface area contributed by atoms with Gasteiger partial charge in [-0.25, -0.2) is 19.5 Å². The Kier molecular flexibility index (Phi) is 4.63. The van der Waals surface area contributed by atoms with Gasteiger partial charge in [0.1, 0.15) is 0 Å². The van der Waals surface area contributed by atoms with Crippen molar-refractivity contribution in [3.8, 4) is 11.1 Å². The number of nitrogens with zero attached hydrogens (tertiary/aromatic N) is 6. The number of imidazole rings is 1. The van der Waals surface area contributed by atoms with E-state index < -0.39 is 0 Å². The summed E-state index contributed by atoms with van der Waals surface area (Å²) in [5.41, 5.74) is 4.07. The van der Waals surface area contributed by atoms with Gasteiger partial charge in [-0.05, 0) is 45.6 Å². The van der Waals surface area contributed by atoms with Crippen LogP contribution in [0.25, 0.3) is 22.4 Å². The van der Waals surface area contributed by atoms with Crippen LogP contribution in [0.4, 0.5) is 5.95 Å². The molecular formula is C21H25N7O. The molecule has 0 saturated heterocycles. The van der Waals surface area contributed by atoms with Crippen LogP contribution < -0.4 is 5.32 Å². The fraction of sp³-hybridized carbons (Fsp3) is 0.429. The molecular weight excluding hydrogens is 366 g/mol. The Balaban J connectivity index is 1.36. The molecule has 0 atom stereocenters. The van der Waals surface area contributed by atoms with Gasteiger partial charge in [0.2, 0.25) is 11.7 Å². The monoisotopic (exact) mass is 391 g/mol. The maximum absolute atomic E-state index is 5.74. The maximum Gasteiger partial charge on any atom is 0.241 e. The van der Waals surface area contributed by atoms with Crippen molar-refractivity contribution in [2.24, 2.45) is 0 Å². The predicted octanol–water partition coefficient (Wildman–Crippen LogP) is 3.51. The average molecular weight is 391 g/mol. The molecule has 0 aliphatic heterocycles. The van der Waals surface area contributed by atoms with Gasteiger partial charge in [0, 0.05) is 48.1 Å². The summed E-state index contributed by atoms with van der Waals surface area (Å²) in [5, 5.41) is 8.15. The zero-order valence-corrected chi connectivity index (χ0v) is 16.7. The zero-order chi connectivity index (χ0) is 19.8. The number of hydrogen-bond acceptors (Lipinski definition) is 6. The fourth-order valence-corrected chi connectivity index (χ4v) is 4.13. The summed E-state index contributed by atoms with van der Waals surface area (Å²) < 4.78 is 9.61. The lowest BCUT2D eigenvalue weighted by atomic mass is 9.93. The first-order valence-corrected chi connectivity index (χ1v) is 10.2. The van der Waals surface area contributed by atoms with Crippen LogP contribution in [0.5, 0.6) is 0 Å². The molecule has 1 N–H and O–H groups in total. The smallest absolute Gasteiger partial charge is 0.241 e. The van der Waals surface area contributed by atoms with E-state index >= 15 is 0 Å². The van der Waals surface area contributed by atoms with Crippen LogP contribution in [0.2, 0.25) is 0 Å². The number of nitrogens with one attached hydrogen (secondary N) is 1. The van der Waals surface area contributed by atoms with Crippen molar-refractivity contribution in [3.05, 3.63) is 42.7 Å². The highest BCUT2D eigenvalue weighted by molar-refractivity contribution is 5.79. The summed E-state index contributed by atoms with van der Waals surface area (Å²) in [4.78, 5) is 13.3. The van der Waals surface area contributed by atoms with Crippen LogP contribution in [0.3, 0.4) is 0 Å². The van der Waals surface area contributed by atoms with Gasteiger partial charge in [-0.15, -0.1) is 5.10 Å². The SMILES string of the molecule is CCO[C@H]1CC[C@@H](Nc2ncc3c(-c4cnc5ncc(C)n5c4)ccn3n2)CC1. The standard InChI is InChI=1S/C21H25N7O/c1-3-29-17-6-4-16(5-7-17)25-20-22-12-19-18(8-9-28(19)26-20)15-11-24-21-23-10-14(2)27(21)13-15/h8-13,16-17H,3-7H2,1-2H3,(H,25,26)/t16-,17+. The molecule has 0 radical (unpaired) electrons. The first kappa shape index (κ1) is 18.1. The second-order valence-corrected chi connectivity index (χ2v) is 7.63. The molecule has 4 aromatic rings. The first-order chi connectivity index (χ1) is 14.2. The maximum atomic E-state index is 5.74. The van der Waals surface area contributed by atoms with Crippen LogP contribution in [-0.2, 0) is 4.74 Å². The van der Waals surface area contributed by atoms with Gasteiger partial charge in [-0.2, -0.15) is 0 Å². The fourth-order valence-electron chi connectivity index (χ4n) is 4.13. The first-order valence-electron chi connectivity index (χ1n) is 10.2. The molecule has 8 heteroatoms. The van der Waals surface area contributed by atoms with Gasteiger partial charge in [0.25, 0.3) is 0 Å². The third-order valence-electron chi connectivity index (χ3n) is 5.69. The Morgan fingerprint density at radius 2 is 1.93 bits per heavy atom. The number of fused-ring (bicyclic) bond motifs is 2. The molecule has 0 aromatic carbocycles. The third kappa shape index (κ3) is 3.44. The Morgan fingerprint density at radius 3 is 2.76 bits per heavy atom. The predicted molar refractivity (Wildman–Crippen MR) is 111 cm³/mol. The molecule has 4 heterocycles. The molecule has 8 nitrogen and oxygen atoms in total. The van der Waals surface area contributed by atoms with E-state index in [9.17, 15) is 0 Å². The van der Waals surface area contributed by atoms with Gasteiger partial charge < -0.3 is 10.1 Å². The second-order valence-electron chi connectivity index (χ2n) is 7.63. The highest BCUT2D eigenvalue weighted by atomic mass is 16.5. The second kappa shape index (κ2) is 7.44. The summed E-state index contributed by atoms with van der Waals surface area (Å²) in [6.45, 7) is 4.87. The molecule has 0 bridgehead atoms. The Bertz CT molecular complexity index is 1140. The van der Waals surface area contributed by atoms with Crippen molar-refractivity contribution in [2.75, 3.05) is 11.9 Å². The molecule has 1 aliphatic carbocycles. The lowest BCUT2D eigenvalue weighted by Crippen LogP contribution is -2.30. The molecule has 150 valence electrons. The van der Waals surface area contributed by atoms with Crippen molar-refractivity contribution in [2.45, 2.75) is 51.7 Å². The molecule has 5 rings (SSSR count). The molecule has 1 aliphatic rings. The van der Waals surface area contributed by atoms with E-state index in [-0.39, 0.29) is 0 Å². The Morgan fingerprint density at radius 1 is 1.10 bits per heavy atom. The Labute approximate surface area is 169 Å². The van der Waals surface area contributed by atoms with E-state index in [1.54, 1.807) is 0 Å². The van der Waals surface area contributed by atoms with Crippen LogP contribution >= 0.6 is 0 Å². The largest absolute Gasteiger partial charge is 0.379 e. The minimum absolute atomic E-state index is 0.398. The minimum Gasteiger partial charge on any atom is -0.379 e. The van der Waals surface area contributed by atoms with E-state index in [0.717, 1.165) is 54.6 Å². The summed E-state index contributed by atoms with van der Waals surface area (Å²) in [7, 11) is 0.